The molecule has 3 aromatic rings. The molecule has 2 amide bonds. The number of carbonyl (C=O) groups excluding carboxylic acids is 2. The molecule has 0 spiro atoms. The molecule has 0 bridgehead atoms. The van der Waals surface area contributed by atoms with Gasteiger partial charge in [0.2, 0.25) is 0 Å². The van der Waals surface area contributed by atoms with E-state index in [0.29, 0.717) is 24.6 Å². The Hall–Kier alpha value is -3.81. The molecule has 176 valence electrons. The highest BCUT2D eigenvalue weighted by Gasteiger charge is 2.41. The average molecular weight is 484 g/mol. The molecular formula is C28H25N3O3S. The van der Waals surface area contributed by atoms with Gasteiger partial charge in [-0.05, 0) is 72.7 Å². The number of hydrogen-bond donors (Lipinski definition) is 0. The Bertz CT molecular complexity index is 1240. The largest absolute Gasteiger partial charge is 0.378 e. The lowest BCUT2D eigenvalue weighted by atomic mass is 10.0. The summed E-state index contributed by atoms with van der Waals surface area (Å²) < 4.78 is 5.46. The van der Waals surface area contributed by atoms with Gasteiger partial charge in [0.1, 0.15) is 5.57 Å². The maximum Gasteiger partial charge on any atom is 0.270 e. The lowest BCUT2D eigenvalue weighted by Gasteiger charge is -2.36. The van der Waals surface area contributed by atoms with Gasteiger partial charge in [-0.25, -0.2) is 0 Å². The van der Waals surface area contributed by atoms with Gasteiger partial charge in [-0.2, -0.15) is 0 Å². The van der Waals surface area contributed by atoms with Crippen LogP contribution in [0.3, 0.4) is 0 Å². The Labute approximate surface area is 210 Å². The van der Waals surface area contributed by atoms with Crippen molar-refractivity contribution >= 4 is 52.3 Å². The lowest BCUT2D eigenvalue weighted by Crippen LogP contribution is -2.56. The van der Waals surface area contributed by atoms with Gasteiger partial charge in [0.25, 0.3) is 11.8 Å². The predicted molar refractivity (Wildman–Crippen MR) is 143 cm³/mol. The third-order valence-corrected chi connectivity index (χ3v) is 6.57. The Morgan fingerprint density at radius 2 is 1.31 bits per heavy atom. The van der Waals surface area contributed by atoms with E-state index >= 15 is 0 Å². The van der Waals surface area contributed by atoms with Crippen LogP contribution in [-0.2, 0) is 14.3 Å². The summed E-state index contributed by atoms with van der Waals surface area (Å²) in [6.07, 6.45) is 1.68. The van der Waals surface area contributed by atoms with Gasteiger partial charge in [-0.3, -0.25) is 19.4 Å². The fourth-order valence-electron chi connectivity index (χ4n) is 4.33. The summed E-state index contributed by atoms with van der Waals surface area (Å²) in [7, 11) is 0. The van der Waals surface area contributed by atoms with E-state index in [0.717, 1.165) is 29.9 Å². The highest BCUT2D eigenvalue weighted by molar-refractivity contribution is 7.81. The molecule has 0 radical (unpaired) electrons. The van der Waals surface area contributed by atoms with Crippen LogP contribution < -0.4 is 14.7 Å². The first kappa shape index (κ1) is 23.0. The number of aryl methyl sites for hydroxylation is 1. The molecule has 0 atom stereocenters. The van der Waals surface area contributed by atoms with Gasteiger partial charge in [0.15, 0.2) is 5.11 Å². The van der Waals surface area contributed by atoms with Crippen molar-refractivity contribution in [3.8, 4) is 0 Å². The summed E-state index contributed by atoms with van der Waals surface area (Å²) in [5, 5.41) is 0.133. The normalized spacial score (nSPS) is 16.7. The van der Waals surface area contributed by atoms with Gasteiger partial charge in [-0.15, -0.1) is 0 Å². The molecule has 0 aromatic heterocycles. The molecule has 5 rings (SSSR count). The van der Waals surface area contributed by atoms with Gasteiger partial charge >= 0.3 is 0 Å². The van der Waals surface area contributed by atoms with Gasteiger partial charge in [-0.1, -0.05) is 42.5 Å². The third kappa shape index (κ3) is 4.48. The molecule has 0 saturated carbocycles. The van der Waals surface area contributed by atoms with Crippen molar-refractivity contribution in [2.24, 2.45) is 0 Å². The minimum Gasteiger partial charge on any atom is -0.378 e. The summed E-state index contributed by atoms with van der Waals surface area (Å²) in [5.74, 6) is -0.870. The number of morpholine rings is 1. The lowest BCUT2D eigenvalue weighted by molar-refractivity contribution is -0.120. The highest BCUT2D eigenvalue weighted by atomic mass is 32.1. The van der Waals surface area contributed by atoms with Gasteiger partial charge in [0.05, 0.1) is 24.6 Å². The van der Waals surface area contributed by atoms with Crippen LogP contribution in [0, 0.1) is 6.92 Å². The second-order valence-corrected chi connectivity index (χ2v) is 8.80. The smallest absolute Gasteiger partial charge is 0.270 e. The third-order valence-electron chi connectivity index (χ3n) is 6.21. The van der Waals surface area contributed by atoms with Crippen LogP contribution in [0.2, 0.25) is 0 Å². The summed E-state index contributed by atoms with van der Waals surface area (Å²) in [4.78, 5) is 32.4. The molecule has 35 heavy (non-hydrogen) atoms. The molecule has 0 unspecified atom stereocenters. The van der Waals surface area contributed by atoms with Crippen LogP contribution >= 0.6 is 12.2 Å². The Morgan fingerprint density at radius 1 is 0.771 bits per heavy atom. The van der Waals surface area contributed by atoms with Crippen molar-refractivity contribution in [2.45, 2.75) is 6.92 Å². The number of para-hydroxylation sites is 2. The molecule has 2 aliphatic rings. The summed E-state index contributed by atoms with van der Waals surface area (Å²) in [5.41, 5.74) is 4.18. The Kier molecular flexibility index (Phi) is 6.44. The molecular weight excluding hydrogens is 458 g/mol. The van der Waals surface area contributed by atoms with E-state index < -0.39 is 11.8 Å². The van der Waals surface area contributed by atoms with E-state index in [1.807, 2.05) is 79.7 Å². The summed E-state index contributed by atoms with van der Waals surface area (Å²) >= 11 is 5.67. The maximum atomic E-state index is 13.7. The van der Waals surface area contributed by atoms with Crippen LogP contribution in [0.25, 0.3) is 6.08 Å². The van der Waals surface area contributed by atoms with Crippen molar-refractivity contribution in [3.63, 3.8) is 0 Å². The molecule has 6 nitrogen and oxygen atoms in total. The van der Waals surface area contributed by atoms with Crippen molar-refractivity contribution < 1.29 is 14.3 Å². The van der Waals surface area contributed by atoms with Crippen LogP contribution in [0.4, 0.5) is 17.1 Å². The van der Waals surface area contributed by atoms with E-state index in [4.69, 9.17) is 17.0 Å². The topological polar surface area (TPSA) is 53.1 Å². The van der Waals surface area contributed by atoms with Crippen LogP contribution in [0.1, 0.15) is 11.1 Å². The van der Waals surface area contributed by atoms with Crippen LogP contribution in [0.15, 0.2) is 84.4 Å². The van der Waals surface area contributed by atoms with Gasteiger partial charge in [0, 0.05) is 18.8 Å². The van der Waals surface area contributed by atoms with E-state index in [1.54, 1.807) is 6.08 Å². The van der Waals surface area contributed by atoms with Crippen molar-refractivity contribution in [1.29, 1.82) is 0 Å². The fraction of sp³-hybridized carbons (Fsp3) is 0.179. The van der Waals surface area contributed by atoms with E-state index in [2.05, 4.69) is 11.0 Å². The van der Waals surface area contributed by atoms with E-state index in [9.17, 15) is 9.59 Å². The number of amides is 2. The van der Waals surface area contributed by atoms with Gasteiger partial charge < -0.3 is 9.64 Å². The SMILES string of the molecule is Cc1cc(N2CCOCC2)ccc1C=C1C(=O)N(c2ccccc2)C(=S)N(c2ccccc2)C1=O. The first-order valence-electron chi connectivity index (χ1n) is 11.5. The molecule has 3 aromatic carbocycles. The second kappa shape index (κ2) is 9.82. The minimum absolute atomic E-state index is 0.0635. The molecule has 0 N–H and O–H groups in total. The number of thiocarbonyl (C=S) groups is 1. The highest BCUT2D eigenvalue weighted by Crippen LogP contribution is 2.30. The second-order valence-electron chi connectivity index (χ2n) is 8.43. The quantitative estimate of drug-likeness (QED) is 0.309. The zero-order chi connectivity index (χ0) is 24.4. The molecule has 7 heteroatoms. The Balaban J connectivity index is 1.57. The van der Waals surface area contributed by atoms with Crippen LogP contribution in [-0.4, -0.2) is 43.2 Å². The number of ether oxygens (including phenoxy) is 1. The molecule has 2 fully saturated rings. The predicted octanol–water partition coefficient (Wildman–Crippen LogP) is 4.58. The van der Waals surface area contributed by atoms with Crippen LogP contribution in [0.5, 0.6) is 0 Å². The average Bonchev–Trinajstić information content (AvgIpc) is 2.89. The maximum absolute atomic E-state index is 13.7. The number of hydrogen-bond acceptors (Lipinski definition) is 5. The first-order valence-corrected chi connectivity index (χ1v) is 11.9. The number of benzene rings is 3. The van der Waals surface area contributed by atoms with E-state index in [-0.39, 0.29) is 10.7 Å². The first-order chi connectivity index (χ1) is 17.0. The zero-order valence-corrected chi connectivity index (χ0v) is 20.2. The van der Waals surface area contributed by atoms with Crippen molar-refractivity contribution in [3.05, 3.63) is 95.6 Å². The zero-order valence-electron chi connectivity index (χ0n) is 19.4. The molecule has 0 aliphatic carbocycles. The monoisotopic (exact) mass is 483 g/mol. The number of anilines is 3. The fourth-order valence-corrected chi connectivity index (χ4v) is 4.71. The summed E-state index contributed by atoms with van der Waals surface area (Å²) in [6.45, 7) is 5.08. The number of carbonyl (C=O) groups is 2. The van der Waals surface area contributed by atoms with Crippen molar-refractivity contribution in [1.82, 2.24) is 0 Å². The Morgan fingerprint density at radius 3 is 1.83 bits per heavy atom. The van der Waals surface area contributed by atoms with Crippen molar-refractivity contribution in [2.75, 3.05) is 41.0 Å². The number of rotatable bonds is 4. The standard InChI is InChI=1S/C28H25N3O3S/c1-20-18-24(29-14-16-34-17-15-29)13-12-21(20)19-25-26(32)30(22-8-4-2-5-9-22)28(35)31(27(25)33)23-10-6-3-7-11-23/h2-13,18-19H,14-17H2,1H3. The minimum atomic E-state index is -0.435. The molecule has 2 aliphatic heterocycles. The molecule has 2 heterocycles. The molecule has 2 saturated heterocycles. The van der Waals surface area contributed by atoms with E-state index in [1.165, 1.54) is 9.80 Å². The summed E-state index contributed by atoms with van der Waals surface area (Å²) in [6, 6.07) is 24.4. The number of nitrogens with zero attached hydrogens (tertiary/aromatic N) is 3.